The van der Waals surface area contributed by atoms with Crippen LogP contribution in [0.4, 0.5) is 13.6 Å². The number of nitrogens with zero attached hydrogens (tertiary/aromatic N) is 3. The van der Waals surface area contributed by atoms with Crippen LogP contribution in [0.25, 0.3) is 11.0 Å². The molecule has 4 N–H and O–H groups in total. The van der Waals surface area contributed by atoms with Gasteiger partial charge in [-0.3, -0.25) is 9.69 Å². The molecule has 13 heteroatoms. The van der Waals surface area contributed by atoms with E-state index in [0.29, 0.717) is 25.0 Å². The molecule has 0 spiro atoms. The van der Waals surface area contributed by atoms with Crippen LogP contribution in [0.5, 0.6) is 0 Å². The second-order valence-corrected chi connectivity index (χ2v) is 11.7. The van der Waals surface area contributed by atoms with Crippen molar-refractivity contribution < 1.29 is 32.8 Å². The fourth-order valence-electron chi connectivity index (χ4n) is 5.78. The van der Waals surface area contributed by atoms with E-state index in [-0.39, 0.29) is 50.8 Å². The molecule has 0 bridgehead atoms. The van der Waals surface area contributed by atoms with Crippen LogP contribution in [0.3, 0.4) is 0 Å². The lowest BCUT2D eigenvalue weighted by atomic mass is 9.76. The number of likely N-dealkylation sites (tertiary alicyclic amines) is 2. The quantitative estimate of drug-likeness (QED) is 0.303. The van der Waals surface area contributed by atoms with E-state index in [2.05, 4.69) is 16.7 Å². The van der Waals surface area contributed by atoms with Crippen molar-refractivity contribution in [1.82, 2.24) is 20.4 Å². The molecule has 222 valence electrons. The van der Waals surface area contributed by atoms with E-state index in [4.69, 9.17) is 4.42 Å². The van der Waals surface area contributed by atoms with Crippen molar-refractivity contribution in [2.45, 2.75) is 75.8 Å². The molecule has 1 aromatic carbocycles. The molecule has 4 rings (SSSR count). The minimum atomic E-state index is -2.72. The van der Waals surface area contributed by atoms with Crippen LogP contribution in [-0.4, -0.2) is 88.5 Å². The van der Waals surface area contributed by atoms with Crippen LogP contribution in [0.15, 0.2) is 34.9 Å². The van der Waals surface area contributed by atoms with Crippen LogP contribution in [0.1, 0.15) is 51.5 Å². The number of nitrogens with one attached hydrogen (secondary N) is 2. The lowest BCUT2D eigenvalue weighted by Gasteiger charge is -2.36. The number of urea groups is 1. The summed E-state index contributed by atoms with van der Waals surface area (Å²) in [5.74, 6) is -4.95. The fraction of sp³-hybridized carbons (Fsp3) is 0.607. The summed E-state index contributed by atoms with van der Waals surface area (Å²) < 4.78 is 33.0. The van der Waals surface area contributed by atoms with Crippen LogP contribution in [0, 0.1) is 17.2 Å². The third-order valence-electron chi connectivity index (χ3n) is 8.36. The highest BCUT2D eigenvalue weighted by Crippen LogP contribution is 2.34. The van der Waals surface area contributed by atoms with Gasteiger partial charge in [-0.15, -0.1) is 0 Å². The Hall–Kier alpha value is -3.21. The van der Waals surface area contributed by atoms with E-state index in [9.17, 15) is 33.7 Å². The van der Waals surface area contributed by atoms with Gasteiger partial charge in [-0.05, 0) is 57.6 Å². The molecule has 0 saturated carbocycles. The van der Waals surface area contributed by atoms with E-state index in [1.165, 1.54) is 6.26 Å². The third-order valence-corrected chi connectivity index (χ3v) is 8.36. The monoisotopic (exact) mass is 573 g/mol. The Morgan fingerprint density at radius 3 is 2.73 bits per heavy atom. The maximum Gasteiger partial charge on any atom is 0.475 e. The first kappa shape index (κ1) is 30.7. The van der Waals surface area contributed by atoms with Crippen molar-refractivity contribution in [1.29, 1.82) is 5.26 Å². The van der Waals surface area contributed by atoms with Gasteiger partial charge in [-0.25, -0.2) is 13.6 Å². The number of carbonyl (C=O) groups excluding carboxylic acids is 2. The van der Waals surface area contributed by atoms with Gasteiger partial charge >= 0.3 is 13.1 Å². The lowest BCUT2D eigenvalue weighted by Crippen LogP contribution is -2.53. The smallest absolute Gasteiger partial charge is 0.464 e. The standard InChI is InChI=1S/C28H38BF2N5O5/c1-27(2,35-13-11-28(30,31)18-35)10-9-19(15-32)25(37)36-12-5-6-21(36)16-33-26(38)34-24(29(39)40)14-20-17-41-23-8-4-3-7-22(20)23/h3-4,7-8,17,19,21,24,39-40H,5-6,9-14,16,18H2,1-2H3,(H2,33,34,38)/t19?,21-,24+/m1/s1. The third kappa shape index (κ3) is 7.55. The summed E-state index contributed by atoms with van der Waals surface area (Å²) in [6.45, 7) is 4.27. The molecule has 2 aliphatic heterocycles. The van der Waals surface area contributed by atoms with Gasteiger partial charge in [0.15, 0.2) is 0 Å². The Bertz CT molecular complexity index is 1270. The summed E-state index contributed by atoms with van der Waals surface area (Å²) in [6, 6.07) is 8.48. The van der Waals surface area contributed by atoms with Gasteiger partial charge in [0, 0.05) is 43.0 Å². The number of hydrogen-bond donors (Lipinski definition) is 4. The first-order valence-corrected chi connectivity index (χ1v) is 14.1. The van der Waals surface area contributed by atoms with Gasteiger partial charge in [0.25, 0.3) is 5.92 Å². The predicted molar refractivity (Wildman–Crippen MR) is 149 cm³/mol. The molecule has 10 nitrogen and oxygen atoms in total. The van der Waals surface area contributed by atoms with E-state index in [1.807, 2.05) is 32.0 Å². The van der Waals surface area contributed by atoms with Crippen molar-refractivity contribution in [3.63, 3.8) is 0 Å². The Morgan fingerprint density at radius 2 is 2.05 bits per heavy atom. The maximum absolute atomic E-state index is 13.7. The summed E-state index contributed by atoms with van der Waals surface area (Å²) >= 11 is 0. The van der Waals surface area contributed by atoms with Gasteiger partial charge in [0.05, 0.1) is 24.8 Å². The Kier molecular flexibility index (Phi) is 9.57. The second-order valence-electron chi connectivity index (χ2n) is 11.7. The molecule has 3 amide bonds. The average molecular weight is 573 g/mol. The van der Waals surface area contributed by atoms with E-state index in [1.54, 1.807) is 15.9 Å². The number of halogens is 2. The highest BCUT2D eigenvalue weighted by molar-refractivity contribution is 6.43. The van der Waals surface area contributed by atoms with Crippen molar-refractivity contribution in [3.8, 4) is 6.07 Å². The van der Waals surface area contributed by atoms with Crippen molar-refractivity contribution in [2.24, 2.45) is 5.92 Å². The SMILES string of the molecule is CC(C)(CCC(C#N)C(=O)N1CCC[C@@H]1CNC(=O)N[C@@H](Cc1coc2ccccc12)B(O)O)N1CCC(F)(F)C1. The number of rotatable bonds is 11. The summed E-state index contributed by atoms with van der Waals surface area (Å²) in [7, 11) is -1.81. The number of carbonyl (C=O) groups is 2. The number of benzene rings is 1. The minimum absolute atomic E-state index is 0.130. The van der Waals surface area contributed by atoms with E-state index < -0.39 is 36.5 Å². The van der Waals surface area contributed by atoms with Gasteiger partial charge < -0.3 is 30.0 Å². The van der Waals surface area contributed by atoms with Crippen LogP contribution in [-0.2, 0) is 11.2 Å². The molecular formula is C28H38BF2N5O5. The second kappa shape index (κ2) is 12.8. The molecule has 1 unspecified atom stereocenters. The molecule has 3 atom stereocenters. The average Bonchev–Trinajstić information content (AvgIpc) is 3.66. The van der Waals surface area contributed by atoms with Crippen LogP contribution >= 0.6 is 0 Å². The molecule has 41 heavy (non-hydrogen) atoms. The summed E-state index contributed by atoms with van der Waals surface area (Å²) in [6.07, 6.45) is 3.50. The number of nitriles is 1. The zero-order chi connectivity index (χ0) is 29.8. The van der Waals surface area contributed by atoms with Gasteiger partial charge in [-0.2, -0.15) is 5.26 Å². The zero-order valence-corrected chi connectivity index (χ0v) is 23.5. The summed E-state index contributed by atoms with van der Waals surface area (Å²) in [5.41, 5.74) is 0.798. The molecule has 3 heterocycles. The van der Waals surface area contributed by atoms with Crippen molar-refractivity contribution >= 4 is 30.0 Å². The maximum atomic E-state index is 13.7. The molecule has 2 aromatic rings. The van der Waals surface area contributed by atoms with E-state index >= 15 is 0 Å². The molecule has 0 radical (unpaired) electrons. The number of para-hydroxylation sites is 1. The number of amides is 3. The zero-order valence-electron chi connectivity index (χ0n) is 23.5. The summed E-state index contributed by atoms with van der Waals surface area (Å²) in [5, 5.41) is 35.6. The highest BCUT2D eigenvalue weighted by atomic mass is 19.3. The molecule has 2 saturated heterocycles. The van der Waals surface area contributed by atoms with Crippen LogP contribution < -0.4 is 10.6 Å². The normalized spacial score (nSPS) is 20.5. The predicted octanol–water partition coefficient (Wildman–Crippen LogP) is 2.69. The number of fused-ring (bicyclic) bond motifs is 1. The molecule has 2 fully saturated rings. The minimum Gasteiger partial charge on any atom is -0.464 e. The summed E-state index contributed by atoms with van der Waals surface area (Å²) in [4.78, 5) is 29.3. The largest absolute Gasteiger partial charge is 0.475 e. The van der Waals surface area contributed by atoms with Gasteiger partial charge in [-0.1, -0.05) is 18.2 Å². The molecule has 2 aliphatic rings. The van der Waals surface area contributed by atoms with Crippen molar-refractivity contribution in [3.05, 3.63) is 36.1 Å². The Labute approximate surface area is 238 Å². The first-order chi connectivity index (χ1) is 19.4. The highest BCUT2D eigenvalue weighted by Gasteiger charge is 2.44. The van der Waals surface area contributed by atoms with E-state index in [0.717, 1.165) is 17.4 Å². The molecule has 0 aliphatic carbocycles. The Morgan fingerprint density at radius 1 is 1.29 bits per heavy atom. The first-order valence-electron chi connectivity index (χ1n) is 14.1. The lowest BCUT2D eigenvalue weighted by molar-refractivity contribution is -0.134. The topological polar surface area (TPSA) is 142 Å². The van der Waals surface area contributed by atoms with Gasteiger partial charge in [0.1, 0.15) is 11.5 Å². The fourth-order valence-corrected chi connectivity index (χ4v) is 5.78. The number of hydrogen-bond acceptors (Lipinski definition) is 7. The number of furan rings is 1. The van der Waals surface area contributed by atoms with Crippen LogP contribution in [0.2, 0.25) is 0 Å². The molecular weight excluding hydrogens is 535 g/mol. The van der Waals surface area contributed by atoms with Gasteiger partial charge in [0.2, 0.25) is 5.91 Å². The Balaban J connectivity index is 1.29. The van der Waals surface area contributed by atoms with Crippen molar-refractivity contribution in [2.75, 3.05) is 26.2 Å². The number of alkyl halides is 2. The molecule has 1 aromatic heterocycles.